The number of halogens is 1. The van der Waals surface area contributed by atoms with Gasteiger partial charge in [-0.1, -0.05) is 60.6 Å². The number of aliphatic imine (C=N–C) groups is 1. The normalized spacial score (nSPS) is 10.9. The first-order chi connectivity index (χ1) is 12.1. The highest BCUT2D eigenvalue weighted by Crippen LogP contribution is 2.19. The summed E-state index contributed by atoms with van der Waals surface area (Å²) in [5.74, 6) is 0. The number of nitrogens with zero attached hydrogens (tertiary/aromatic N) is 2. The number of anilines is 1. The molecule has 3 nitrogen and oxygen atoms in total. The summed E-state index contributed by atoms with van der Waals surface area (Å²) in [7, 11) is 0. The fourth-order valence-electron chi connectivity index (χ4n) is 2.42. The van der Waals surface area contributed by atoms with Gasteiger partial charge < -0.3 is 5.73 Å². The Bertz CT molecular complexity index is 932. The fraction of sp³-hybridized carbons (Fsp3) is 0.0476. The molecule has 0 aliphatic carbocycles. The van der Waals surface area contributed by atoms with Gasteiger partial charge in [0.2, 0.25) is 0 Å². The lowest BCUT2D eigenvalue weighted by atomic mass is 10.1. The molecule has 0 unspecified atom stereocenters. The van der Waals surface area contributed by atoms with E-state index in [0.29, 0.717) is 17.8 Å². The van der Waals surface area contributed by atoms with Crippen LogP contribution in [0.15, 0.2) is 78.3 Å². The van der Waals surface area contributed by atoms with E-state index in [9.17, 15) is 0 Å². The minimum atomic E-state index is 0.587. The summed E-state index contributed by atoms with van der Waals surface area (Å²) in [4.78, 5) is 9.04. The van der Waals surface area contributed by atoms with Crippen LogP contribution in [-0.2, 0) is 6.42 Å². The molecule has 3 aromatic rings. The average Bonchev–Trinajstić information content (AvgIpc) is 2.63. The van der Waals surface area contributed by atoms with Crippen molar-refractivity contribution >= 4 is 29.2 Å². The van der Waals surface area contributed by atoms with Crippen molar-refractivity contribution in [2.75, 3.05) is 5.73 Å². The standard InChI is InChI=1S/C21H18ClN3/c1-15(24-14-17-8-3-5-11-20(17)23)21-12-6-9-18(25-21)13-16-7-2-4-10-19(16)22/h2-12,14H,1,13,23H2. The first-order valence-corrected chi connectivity index (χ1v) is 8.28. The number of benzene rings is 2. The van der Waals surface area contributed by atoms with Gasteiger partial charge in [0.15, 0.2) is 0 Å². The van der Waals surface area contributed by atoms with Crippen molar-refractivity contribution in [1.82, 2.24) is 4.98 Å². The number of nitrogens with two attached hydrogens (primary N) is 1. The Hall–Kier alpha value is -2.91. The van der Waals surface area contributed by atoms with Crippen LogP contribution < -0.4 is 5.73 Å². The van der Waals surface area contributed by atoms with Crippen LogP contribution in [0.1, 0.15) is 22.5 Å². The van der Waals surface area contributed by atoms with Gasteiger partial charge in [0.25, 0.3) is 0 Å². The van der Waals surface area contributed by atoms with Crippen molar-refractivity contribution in [2.45, 2.75) is 6.42 Å². The number of para-hydroxylation sites is 1. The number of hydrogen-bond donors (Lipinski definition) is 1. The largest absolute Gasteiger partial charge is 0.398 e. The zero-order valence-electron chi connectivity index (χ0n) is 13.7. The lowest BCUT2D eigenvalue weighted by Crippen LogP contribution is -1.97. The Balaban J connectivity index is 1.78. The number of nitrogen functional groups attached to an aromatic ring is 1. The minimum absolute atomic E-state index is 0.587. The van der Waals surface area contributed by atoms with E-state index in [1.807, 2.05) is 66.7 Å². The number of aromatic nitrogens is 1. The fourth-order valence-corrected chi connectivity index (χ4v) is 2.62. The third-order valence-corrected chi connectivity index (χ3v) is 4.16. The molecule has 0 aliphatic heterocycles. The van der Waals surface area contributed by atoms with E-state index in [-0.39, 0.29) is 0 Å². The molecule has 0 radical (unpaired) electrons. The maximum Gasteiger partial charge on any atom is 0.0883 e. The Labute approximate surface area is 152 Å². The quantitative estimate of drug-likeness (QED) is 0.521. The van der Waals surface area contributed by atoms with Crippen molar-refractivity contribution in [3.63, 3.8) is 0 Å². The van der Waals surface area contributed by atoms with Crippen LogP contribution in [-0.4, -0.2) is 11.2 Å². The average molecular weight is 348 g/mol. The Morgan fingerprint density at radius 1 is 1.04 bits per heavy atom. The molecule has 0 bridgehead atoms. The van der Waals surface area contributed by atoms with Crippen molar-refractivity contribution in [1.29, 1.82) is 0 Å². The Morgan fingerprint density at radius 3 is 2.60 bits per heavy atom. The van der Waals surface area contributed by atoms with Crippen LogP contribution in [0.5, 0.6) is 0 Å². The van der Waals surface area contributed by atoms with Gasteiger partial charge in [0.1, 0.15) is 0 Å². The second-order valence-corrected chi connectivity index (χ2v) is 6.02. The molecule has 1 aromatic heterocycles. The molecule has 0 saturated carbocycles. The van der Waals surface area contributed by atoms with Crippen molar-refractivity contribution < 1.29 is 0 Å². The first-order valence-electron chi connectivity index (χ1n) is 7.90. The molecule has 124 valence electrons. The van der Waals surface area contributed by atoms with Gasteiger partial charge in [0, 0.05) is 34.6 Å². The summed E-state index contributed by atoms with van der Waals surface area (Å²) in [6.07, 6.45) is 2.37. The van der Waals surface area contributed by atoms with Crippen LogP contribution in [0, 0.1) is 0 Å². The molecule has 0 fully saturated rings. The number of pyridine rings is 1. The molecule has 0 saturated heterocycles. The summed E-state index contributed by atoms with van der Waals surface area (Å²) < 4.78 is 0. The molecule has 2 aromatic carbocycles. The van der Waals surface area contributed by atoms with Crippen molar-refractivity contribution in [3.8, 4) is 0 Å². The SMILES string of the molecule is C=C(N=Cc1ccccc1N)c1cccc(Cc2ccccc2Cl)n1. The zero-order chi connectivity index (χ0) is 17.6. The molecule has 4 heteroatoms. The van der Waals surface area contributed by atoms with Crippen LogP contribution >= 0.6 is 11.6 Å². The van der Waals surface area contributed by atoms with Gasteiger partial charge in [-0.2, -0.15) is 0 Å². The lowest BCUT2D eigenvalue weighted by molar-refractivity contribution is 1.06. The highest BCUT2D eigenvalue weighted by atomic mass is 35.5. The molecule has 25 heavy (non-hydrogen) atoms. The van der Waals surface area contributed by atoms with E-state index in [0.717, 1.165) is 27.5 Å². The van der Waals surface area contributed by atoms with Crippen LogP contribution in [0.3, 0.4) is 0 Å². The number of hydrogen-bond acceptors (Lipinski definition) is 3. The summed E-state index contributed by atoms with van der Waals surface area (Å²) in [5, 5.41) is 0.742. The van der Waals surface area contributed by atoms with E-state index in [2.05, 4.69) is 16.6 Å². The van der Waals surface area contributed by atoms with Gasteiger partial charge in [0.05, 0.1) is 11.4 Å². The van der Waals surface area contributed by atoms with Crippen molar-refractivity contribution in [2.24, 2.45) is 4.99 Å². The van der Waals surface area contributed by atoms with Gasteiger partial charge in [-0.15, -0.1) is 0 Å². The van der Waals surface area contributed by atoms with Crippen LogP contribution in [0.2, 0.25) is 5.02 Å². The van der Waals surface area contributed by atoms with Gasteiger partial charge in [-0.3, -0.25) is 9.98 Å². The molecular weight excluding hydrogens is 330 g/mol. The monoisotopic (exact) mass is 347 g/mol. The summed E-state index contributed by atoms with van der Waals surface area (Å²) >= 11 is 6.23. The molecule has 0 atom stereocenters. The molecule has 0 spiro atoms. The Kier molecular flexibility index (Phi) is 5.26. The molecular formula is C21H18ClN3. The predicted molar refractivity (Wildman–Crippen MR) is 106 cm³/mol. The Morgan fingerprint density at radius 2 is 1.80 bits per heavy atom. The van der Waals surface area contributed by atoms with Gasteiger partial charge in [-0.05, 0) is 29.8 Å². The molecule has 1 heterocycles. The second-order valence-electron chi connectivity index (χ2n) is 5.62. The summed E-state index contributed by atoms with van der Waals surface area (Å²) in [5.41, 5.74) is 10.7. The van der Waals surface area contributed by atoms with E-state index in [1.54, 1.807) is 6.21 Å². The summed E-state index contributed by atoms with van der Waals surface area (Å²) in [6.45, 7) is 4.01. The van der Waals surface area contributed by atoms with E-state index < -0.39 is 0 Å². The molecule has 0 amide bonds. The highest BCUT2D eigenvalue weighted by Gasteiger charge is 2.05. The predicted octanol–water partition coefficient (Wildman–Crippen LogP) is 5.00. The third kappa shape index (κ3) is 4.34. The summed E-state index contributed by atoms with van der Waals surface area (Å²) in [6, 6.07) is 21.1. The smallest absolute Gasteiger partial charge is 0.0883 e. The minimum Gasteiger partial charge on any atom is -0.398 e. The van der Waals surface area contributed by atoms with Gasteiger partial charge >= 0.3 is 0 Å². The third-order valence-electron chi connectivity index (χ3n) is 3.79. The first kappa shape index (κ1) is 16.9. The van der Waals surface area contributed by atoms with E-state index >= 15 is 0 Å². The maximum atomic E-state index is 6.23. The van der Waals surface area contributed by atoms with Crippen LogP contribution in [0.25, 0.3) is 5.70 Å². The molecule has 0 aliphatic rings. The van der Waals surface area contributed by atoms with E-state index in [1.165, 1.54) is 0 Å². The zero-order valence-corrected chi connectivity index (χ0v) is 14.4. The maximum absolute atomic E-state index is 6.23. The lowest BCUT2D eigenvalue weighted by Gasteiger charge is -2.06. The van der Waals surface area contributed by atoms with E-state index in [4.69, 9.17) is 17.3 Å². The van der Waals surface area contributed by atoms with Gasteiger partial charge in [-0.25, -0.2) is 0 Å². The number of rotatable bonds is 5. The molecule has 3 rings (SSSR count). The second kappa shape index (κ2) is 7.77. The highest BCUT2D eigenvalue weighted by molar-refractivity contribution is 6.31. The molecule has 2 N–H and O–H groups in total. The van der Waals surface area contributed by atoms with Crippen molar-refractivity contribution in [3.05, 3.63) is 101 Å². The van der Waals surface area contributed by atoms with Crippen LogP contribution in [0.4, 0.5) is 5.69 Å². The topological polar surface area (TPSA) is 51.3 Å².